The van der Waals surface area contributed by atoms with Gasteiger partial charge in [0.05, 0.1) is 0 Å². The fourth-order valence-corrected chi connectivity index (χ4v) is 4.64. The van der Waals surface area contributed by atoms with Crippen LogP contribution in [0.2, 0.25) is 0 Å². The summed E-state index contributed by atoms with van der Waals surface area (Å²) in [4.78, 5) is 19.7. The van der Waals surface area contributed by atoms with Crippen molar-refractivity contribution < 1.29 is 4.79 Å². The maximum absolute atomic E-state index is 13.0. The lowest BCUT2D eigenvalue weighted by molar-refractivity contribution is 0.0675. The van der Waals surface area contributed by atoms with E-state index < -0.39 is 0 Å². The third kappa shape index (κ3) is 2.68. The van der Waals surface area contributed by atoms with E-state index in [4.69, 9.17) is 0 Å². The molecule has 0 spiro atoms. The monoisotopic (exact) mass is 327 g/mol. The predicted octanol–water partition coefficient (Wildman–Crippen LogP) is 3.09. The molecule has 0 saturated carbocycles. The topological polar surface area (TPSA) is 45.2 Å². The third-order valence-electron chi connectivity index (χ3n) is 4.99. The van der Waals surface area contributed by atoms with Crippen LogP contribution in [0.1, 0.15) is 35.3 Å². The number of carbonyl (C=O) groups is 1. The van der Waals surface area contributed by atoms with E-state index in [1.54, 1.807) is 11.3 Å². The molecule has 2 aromatic rings. The maximum atomic E-state index is 13.0. The Balaban J connectivity index is 1.62. The third-order valence-corrected chi connectivity index (χ3v) is 5.86. The summed E-state index contributed by atoms with van der Waals surface area (Å²) in [6.45, 7) is 4.01. The van der Waals surface area contributed by atoms with Crippen LogP contribution in [0.5, 0.6) is 0 Å². The van der Waals surface area contributed by atoms with Crippen molar-refractivity contribution in [3.05, 3.63) is 40.9 Å². The Bertz CT molecular complexity index is 713. The molecule has 4 rings (SSSR count). The summed E-state index contributed by atoms with van der Waals surface area (Å²) in [7, 11) is 0. The van der Waals surface area contributed by atoms with Gasteiger partial charge in [0, 0.05) is 29.6 Å². The quantitative estimate of drug-likeness (QED) is 0.922. The van der Waals surface area contributed by atoms with Crippen LogP contribution in [0.15, 0.2) is 29.6 Å². The van der Waals surface area contributed by atoms with Crippen LogP contribution < -0.4 is 5.32 Å². The molecule has 4 nitrogen and oxygen atoms in total. The zero-order valence-electron chi connectivity index (χ0n) is 13.3. The number of aryl methyl sites for hydroxylation is 1. The first-order chi connectivity index (χ1) is 11.2. The van der Waals surface area contributed by atoms with Gasteiger partial charge in [0.25, 0.3) is 5.91 Å². The Morgan fingerprint density at radius 2 is 2.09 bits per heavy atom. The van der Waals surface area contributed by atoms with Crippen molar-refractivity contribution in [2.45, 2.75) is 38.3 Å². The summed E-state index contributed by atoms with van der Waals surface area (Å²) < 4.78 is 0. The zero-order valence-corrected chi connectivity index (χ0v) is 14.1. The first-order valence-electron chi connectivity index (χ1n) is 8.29. The fourth-order valence-electron chi connectivity index (χ4n) is 3.75. The number of fused-ring (bicyclic) bond motifs is 2. The normalized spacial score (nSPS) is 23.8. The van der Waals surface area contributed by atoms with Gasteiger partial charge in [-0.3, -0.25) is 4.79 Å². The van der Waals surface area contributed by atoms with E-state index in [1.807, 2.05) is 17.5 Å². The van der Waals surface area contributed by atoms with E-state index in [0.717, 1.165) is 42.9 Å². The minimum absolute atomic E-state index is 0.109. The molecule has 120 valence electrons. The number of amides is 1. The number of nitrogens with one attached hydrogen (secondary N) is 1. The van der Waals surface area contributed by atoms with Crippen molar-refractivity contribution >= 4 is 17.2 Å². The second kappa shape index (κ2) is 6.06. The lowest BCUT2D eigenvalue weighted by Gasteiger charge is -2.27. The van der Waals surface area contributed by atoms with E-state index in [-0.39, 0.29) is 5.91 Å². The van der Waals surface area contributed by atoms with Gasteiger partial charge in [-0.25, -0.2) is 4.98 Å². The van der Waals surface area contributed by atoms with Gasteiger partial charge in [-0.05, 0) is 38.3 Å². The number of aromatic nitrogens is 1. The largest absolute Gasteiger partial charge is 0.330 e. The smallest absolute Gasteiger partial charge is 0.273 e. The molecule has 2 atom stereocenters. The number of benzene rings is 1. The molecule has 1 N–H and O–H groups in total. The van der Waals surface area contributed by atoms with Crippen LogP contribution in [0.25, 0.3) is 10.6 Å². The molecule has 23 heavy (non-hydrogen) atoms. The van der Waals surface area contributed by atoms with Crippen LogP contribution in [-0.4, -0.2) is 41.0 Å². The molecule has 1 amide bonds. The van der Waals surface area contributed by atoms with E-state index in [1.165, 1.54) is 5.56 Å². The summed E-state index contributed by atoms with van der Waals surface area (Å²) >= 11 is 1.56. The highest BCUT2D eigenvalue weighted by Crippen LogP contribution is 2.31. The van der Waals surface area contributed by atoms with Crippen molar-refractivity contribution in [2.75, 3.05) is 13.1 Å². The van der Waals surface area contributed by atoms with Gasteiger partial charge in [0.2, 0.25) is 0 Å². The molecule has 0 aliphatic carbocycles. The summed E-state index contributed by atoms with van der Waals surface area (Å²) in [6.07, 6.45) is 3.29. The number of nitrogens with zero attached hydrogens (tertiary/aromatic N) is 2. The number of carbonyl (C=O) groups excluding carboxylic acids is 1. The average Bonchev–Trinajstić information content (AvgIpc) is 3.11. The van der Waals surface area contributed by atoms with Gasteiger partial charge in [-0.15, -0.1) is 11.3 Å². The van der Waals surface area contributed by atoms with Gasteiger partial charge < -0.3 is 10.2 Å². The molecular weight excluding hydrogens is 306 g/mol. The lowest BCUT2D eigenvalue weighted by Crippen LogP contribution is -2.42. The number of hydrogen-bond donors (Lipinski definition) is 1. The second-order valence-corrected chi connectivity index (χ2v) is 7.30. The van der Waals surface area contributed by atoms with Crippen molar-refractivity contribution in [3.8, 4) is 10.6 Å². The highest BCUT2D eigenvalue weighted by molar-refractivity contribution is 7.13. The molecule has 2 bridgehead atoms. The first-order valence-corrected chi connectivity index (χ1v) is 9.17. The number of rotatable bonds is 2. The Hall–Kier alpha value is -1.72. The number of hydrogen-bond acceptors (Lipinski definition) is 4. The summed E-state index contributed by atoms with van der Waals surface area (Å²) in [6, 6.07) is 8.91. The molecule has 1 aromatic heterocycles. The molecule has 2 fully saturated rings. The molecule has 5 heteroatoms. The molecule has 2 saturated heterocycles. The van der Waals surface area contributed by atoms with E-state index >= 15 is 0 Å². The number of thiazole rings is 1. The van der Waals surface area contributed by atoms with Crippen LogP contribution in [0.4, 0.5) is 0 Å². The van der Waals surface area contributed by atoms with Gasteiger partial charge in [0.1, 0.15) is 10.7 Å². The molecular formula is C18H21N3OS. The molecule has 2 aliphatic heterocycles. The minimum Gasteiger partial charge on any atom is -0.330 e. The SMILES string of the molecule is Cc1ccccc1-c1nc(C(=O)N2C3CCNCC2CC3)cs1. The van der Waals surface area contributed by atoms with Crippen molar-refractivity contribution in [2.24, 2.45) is 0 Å². The zero-order chi connectivity index (χ0) is 15.8. The highest BCUT2D eigenvalue weighted by Gasteiger charge is 2.39. The van der Waals surface area contributed by atoms with E-state index in [0.29, 0.717) is 17.8 Å². The minimum atomic E-state index is 0.109. The predicted molar refractivity (Wildman–Crippen MR) is 92.8 cm³/mol. The van der Waals surface area contributed by atoms with Gasteiger partial charge >= 0.3 is 0 Å². The highest BCUT2D eigenvalue weighted by atomic mass is 32.1. The summed E-state index contributed by atoms with van der Waals surface area (Å²) in [5.74, 6) is 0.109. The van der Waals surface area contributed by atoms with Crippen LogP contribution in [0.3, 0.4) is 0 Å². The first kappa shape index (κ1) is 14.8. The average molecular weight is 327 g/mol. The van der Waals surface area contributed by atoms with Crippen LogP contribution >= 0.6 is 11.3 Å². The molecule has 1 aromatic carbocycles. The fraction of sp³-hybridized carbons (Fsp3) is 0.444. The van der Waals surface area contributed by atoms with Gasteiger partial charge in [-0.2, -0.15) is 0 Å². The summed E-state index contributed by atoms with van der Waals surface area (Å²) in [5.41, 5.74) is 2.92. The van der Waals surface area contributed by atoms with Gasteiger partial charge in [-0.1, -0.05) is 24.3 Å². The van der Waals surface area contributed by atoms with E-state index in [2.05, 4.69) is 34.3 Å². The maximum Gasteiger partial charge on any atom is 0.273 e. The Labute approximate surface area is 140 Å². The Morgan fingerprint density at radius 1 is 1.26 bits per heavy atom. The Kier molecular flexibility index (Phi) is 3.91. The van der Waals surface area contributed by atoms with Crippen molar-refractivity contribution in [1.82, 2.24) is 15.2 Å². The molecule has 2 aliphatic rings. The molecule has 3 heterocycles. The Morgan fingerprint density at radius 3 is 2.96 bits per heavy atom. The summed E-state index contributed by atoms with van der Waals surface area (Å²) in [5, 5.41) is 6.30. The van der Waals surface area contributed by atoms with Crippen molar-refractivity contribution in [1.29, 1.82) is 0 Å². The van der Waals surface area contributed by atoms with Gasteiger partial charge in [0.15, 0.2) is 0 Å². The standard InChI is InChI=1S/C18H21N3OS/c1-12-4-2-3-5-15(12)17-20-16(11-23-17)18(22)21-13-6-7-14(21)10-19-9-8-13/h2-5,11,13-14,19H,6-10H2,1H3. The van der Waals surface area contributed by atoms with Crippen LogP contribution in [0, 0.1) is 6.92 Å². The molecule has 0 radical (unpaired) electrons. The van der Waals surface area contributed by atoms with Crippen LogP contribution in [-0.2, 0) is 0 Å². The van der Waals surface area contributed by atoms with E-state index in [9.17, 15) is 4.79 Å². The van der Waals surface area contributed by atoms with Crippen molar-refractivity contribution in [3.63, 3.8) is 0 Å². The molecule has 2 unspecified atom stereocenters. The second-order valence-electron chi connectivity index (χ2n) is 6.44. The lowest BCUT2D eigenvalue weighted by atomic mass is 10.1.